The van der Waals surface area contributed by atoms with Gasteiger partial charge >= 0.3 is 0 Å². The molecule has 0 aromatic carbocycles. The van der Waals surface area contributed by atoms with Gasteiger partial charge in [0.15, 0.2) is 0 Å². The molecule has 1 heteroatoms. The van der Waals surface area contributed by atoms with E-state index in [0.717, 1.165) is 0 Å². The first-order valence-electron chi connectivity index (χ1n) is 7.24. The second kappa shape index (κ2) is 5.45. The molecule has 0 N–H and O–H groups in total. The molecule has 1 rings (SSSR count). The maximum absolute atomic E-state index is 2.38. The summed E-state index contributed by atoms with van der Waals surface area (Å²) in [6, 6.07) is 0. The third kappa shape index (κ3) is 2.87. The minimum Gasteiger partial charge on any atom is -0.120 e. The minimum atomic E-state index is 0.246. The van der Waals surface area contributed by atoms with Crippen molar-refractivity contribution in [1.82, 2.24) is 0 Å². The Hall–Kier alpha value is -0.170. The van der Waals surface area contributed by atoms with Crippen molar-refractivity contribution in [2.75, 3.05) is 0 Å². The van der Waals surface area contributed by atoms with Crippen LogP contribution in [0.25, 0.3) is 0 Å². The van der Waals surface area contributed by atoms with E-state index in [4.69, 9.17) is 0 Å². The maximum atomic E-state index is 2.38. The highest BCUT2D eigenvalue weighted by Crippen LogP contribution is 2.52. The van der Waals surface area contributed by atoms with E-state index in [1.54, 1.807) is 16.7 Å². The van der Waals surface area contributed by atoms with Crippen molar-refractivity contribution in [1.29, 1.82) is 0 Å². The molecule has 0 nitrogen and oxygen atoms in total. The second-order valence-electron chi connectivity index (χ2n) is 6.87. The zero-order chi connectivity index (χ0) is 14.2. The molecule has 0 atom stereocenters. The van der Waals surface area contributed by atoms with E-state index >= 15 is 0 Å². The van der Waals surface area contributed by atoms with Gasteiger partial charge in [-0.05, 0) is 60.1 Å². The molecule has 18 heavy (non-hydrogen) atoms. The summed E-state index contributed by atoms with van der Waals surface area (Å²) in [6.45, 7) is 21.1. The zero-order valence-corrected chi connectivity index (χ0v) is 14.5. The molecule has 0 radical (unpaired) electrons. The van der Waals surface area contributed by atoms with E-state index in [1.807, 2.05) is 0 Å². The summed E-state index contributed by atoms with van der Waals surface area (Å²) in [5.74, 6) is 1.88. The maximum Gasteiger partial charge on any atom is 0.0364 e. The lowest BCUT2D eigenvalue weighted by Crippen LogP contribution is -2.30. The number of allylic oxidation sites excluding steroid dienone is 3. The molecular formula is C17H30S. The summed E-state index contributed by atoms with van der Waals surface area (Å²) < 4.78 is 0.246. The quantitative estimate of drug-likeness (QED) is 0.599. The van der Waals surface area contributed by atoms with Crippen LogP contribution >= 0.6 is 11.8 Å². The van der Waals surface area contributed by atoms with Crippen molar-refractivity contribution in [3.63, 3.8) is 0 Å². The van der Waals surface area contributed by atoms with Crippen molar-refractivity contribution < 1.29 is 0 Å². The molecule has 0 fully saturated rings. The number of rotatable bonds is 3. The third-order valence-corrected chi connectivity index (χ3v) is 5.00. The number of hydrogen-bond acceptors (Lipinski definition) is 1. The van der Waals surface area contributed by atoms with E-state index in [2.05, 4.69) is 74.1 Å². The summed E-state index contributed by atoms with van der Waals surface area (Å²) in [4.78, 5) is 1.53. The van der Waals surface area contributed by atoms with Gasteiger partial charge in [0.05, 0.1) is 0 Å². The Morgan fingerprint density at radius 3 is 1.56 bits per heavy atom. The molecule has 0 aromatic heterocycles. The van der Waals surface area contributed by atoms with Gasteiger partial charge in [-0.3, -0.25) is 0 Å². The predicted molar refractivity (Wildman–Crippen MR) is 85.9 cm³/mol. The fourth-order valence-corrected chi connectivity index (χ4v) is 5.17. The fourth-order valence-electron chi connectivity index (χ4n) is 3.50. The minimum absolute atomic E-state index is 0.246. The lowest BCUT2D eigenvalue weighted by Gasteiger charge is -2.41. The van der Waals surface area contributed by atoms with Gasteiger partial charge in [0, 0.05) is 4.75 Å². The van der Waals surface area contributed by atoms with Crippen LogP contribution in [0.15, 0.2) is 21.6 Å². The average Bonchev–Trinajstić information content (AvgIpc) is 2.12. The van der Waals surface area contributed by atoms with Crippen LogP contribution < -0.4 is 0 Å². The van der Waals surface area contributed by atoms with Gasteiger partial charge in [-0.25, -0.2) is 0 Å². The van der Waals surface area contributed by atoms with Crippen molar-refractivity contribution in [2.45, 2.75) is 67.1 Å². The van der Waals surface area contributed by atoms with E-state index in [-0.39, 0.29) is 4.75 Å². The Morgan fingerprint density at radius 2 is 1.22 bits per heavy atom. The first-order chi connectivity index (χ1) is 8.09. The van der Waals surface area contributed by atoms with E-state index in [1.165, 1.54) is 4.91 Å². The van der Waals surface area contributed by atoms with E-state index < -0.39 is 0 Å². The molecule has 0 bridgehead atoms. The van der Waals surface area contributed by atoms with E-state index in [0.29, 0.717) is 17.8 Å². The average molecular weight is 266 g/mol. The van der Waals surface area contributed by atoms with Gasteiger partial charge in [0.2, 0.25) is 0 Å². The van der Waals surface area contributed by atoms with Crippen molar-refractivity contribution in [2.24, 2.45) is 17.8 Å². The molecule has 1 heterocycles. The Balaban J connectivity index is 3.56. The Labute approximate surface area is 118 Å². The SMILES string of the molecule is CC1=C(C(C)C)C(C(C)C)=C(C(C)C)C(C)(C)S1. The fraction of sp³-hybridized carbons (Fsp3) is 0.765. The van der Waals surface area contributed by atoms with Gasteiger partial charge in [0.1, 0.15) is 0 Å². The lowest BCUT2D eigenvalue weighted by molar-refractivity contribution is 0.597. The molecule has 104 valence electrons. The highest BCUT2D eigenvalue weighted by atomic mass is 32.2. The van der Waals surface area contributed by atoms with Gasteiger partial charge in [0.25, 0.3) is 0 Å². The highest BCUT2D eigenvalue weighted by Gasteiger charge is 2.36. The first kappa shape index (κ1) is 15.9. The summed E-state index contributed by atoms with van der Waals surface area (Å²) in [7, 11) is 0. The van der Waals surface area contributed by atoms with Gasteiger partial charge in [-0.1, -0.05) is 41.5 Å². The highest BCUT2D eigenvalue weighted by molar-refractivity contribution is 8.04. The van der Waals surface area contributed by atoms with Gasteiger partial charge < -0.3 is 0 Å². The molecule has 0 saturated carbocycles. The molecule has 0 amide bonds. The largest absolute Gasteiger partial charge is 0.120 e. The zero-order valence-electron chi connectivity index (χ0n) is 13.6. The number of thioether (sulfide) groups is 1. The molecule has 0 aromatic rings. The van der Waals surface area contributed by atoms with Gasteiger partial charge in [-0.15, -0.1) is 11.8 Å². The number of hydrogen-bond donors (Lipinski definition) is 0. The summed E-state index contributed by atoms with van der Waals surface area (Å²) in [6.07, 6.45) is 0. The molecule has 1 aliphatic heterocycles. The van der Waals surface area contributed by atoms with Crippen LogP contribution in [0.5, 0.6) is 0 Å². The van der Waals surface area contributed by atoms with Crippen molar-refractivity contribution >= 4 is 11.8 Å². The monoisotopic (exact) mass is 266 g/mol. The van der Waals surface area contributed by atoms with Crippen LogP contribution in [0, 0.1) is 17.8 Å². The first-order valence-corrected chi connectivity index (χ1v) is 8.05. The predicted octanol–water partition coefficient (Wildman–Crippen LogP) is 6.05. The van der Waals surface area contributed by atoms with Crippen LogP contribution in [0.1, 0.15) is 62.3 Å². The summed E-state index contributed by atoms with van der Waals surface area (Å²) in [5.41, 5.74) is 4.91. The summed E-state index contributed by atoms with van der Waals surface area (Å²) in [5, 5.41) is 0. The molecule has 0 saturated heterocycles. The molecular weight excluding hydrogens is 236 g/mol. The van der Waals surface area contributed by atoms with Crippen LogP contribution in [0.4, 0.5) is 0 Å². The molecule has 1 aliphatic rings. The van der Waals surface area contributed by atoms with Crippen molar-refractivity contribution in [3.8, 4) is 0 Å². The smallest absolute Gasteiger partial charge is 0.0364 e. The van der Waals surface area contributed by atoms with Crippen LogP contribution in [-0.4, -0.2) is 4.75 Å². The Kier molecular flexibility index (Phi) is 4.81. The third-order valence-electron chi connectivity index (χ3n) is 3.75. The Morgan fingerprint density at radius 1 is 0.778 bits per heavy atom. The van der Waals surface area contributed by atoms with Crippen molar-refractivity contribution in [3.05, 3.63) is 21.6 Å². The summed E-state index contributed by atoms with van der Waals surface area (Å²) >= 11 is 2.06. The van der Waals surface area contributed by atoms with Gasteiger partial charge in [-0.2, -0.15) is 0 Å². The lowest BCUT2D eigenvalue weighted by atomic mass is 9.77. The Bertz CT molecular complexity index is 378. The van der Waals surface area contributed by atoms with Crippen LogP contribution in [-0.2, 0) is 0 Å². The normalized spacial score (nSPS) is 20.7. The van der Waals surface area contributed by atoms with Crippen LogP contribution in [0.2, 0.25) is 0 Å². The molecule has 0 spiro atoms. The topological polar surface area (TPSA) is 0 Å². The standard InChI is InChI=1S/C17H30S/c1-10(2)14-13(7)18-17(8,9)16(12(5)6)15(14)11(3)4/h10-12H,1-9H3. The molecule has 0 aliphatic carbocycles. The van der Waals surface area contributed by atoms with E-state index in [9.17, 15) is 0 Å². The second-order valence-corrected chi connectivity index (χ2v) is 8.71. The molecule has 0 unspecified atom stereocenters. The van der Waals surface area contributed by atoms with Crippen LogP contribution in [0.3, 0.4) is 0 Å².